The van der Waals surface area contributed by atoms with Crippen LogP contribution in [0.3, 0.4) is 0 Å². The molecule has 0 aromatic heterocycles. The number of carbonyl (C=O) groups is 4. The number of hydrogen-bond acceptors (Lipinski definition) is 7. The van der Waals surface area contributed by atoms with Crippen LogP contribution in [0.4, 0.5) is 10.5 Å². The Balaban J connectivity index is 0.993. The molecule has 3 aromatic carbocycles. The van der Waals surface area contributed by atoms with Crippen LogP contribution < -0.4 is 16.4 Å². The Labute approximate surface area is 282 Å². The molecule has 4 N–H and O–H groups in total. The summed E-state index contributed by atoms with van der Waals surface area (Å²) in [6, 6.07) is 25.4. The van der Waals surface area contributed by atoms with Crippen LogP contribution in [0.5, 0.6) is 0 Å². The number of likely N-dealkylation sites (tertiary alicyclic amines) is 2. The Bertz CT molecular complexity index is 1530. The number of nitrogens with one attached hydrogen (secondary N) is 2. The molecular formula is C37H46N6O5. The second-order valence-corrected chi connectivity index (χ2v) is 12.6. The maximum Gasteiger partial charge on any atom is 0.411 e. The molecule has 2 aliphatic rings. The largest absolute Gasteiger partial charge is 0.446 e. The number of rotatable bonds is 12. The summed E-state index contributed by atoms with van der Waals surface area (Å²) in [4.78, 5) is 55.3. The van der Waals surface area contributed by atoms with Crippen molar-refractivity contribution in [1.82, 2.24) is 20.0 Å². The molecule has 2 aliphatic heterocycles. The zero-order chi connectivity index (χ0) is 33.9. The van der Waals surface area contributed by atoms with E-state index < -0.39 is 12.0 Å². The van der Waals surface area contributed by atoms with E-state index in [-0.39, 0.29) is 30.4 Å². The highest BCUT2D eigenvalue weighted by molar-refractivity contribution is 5.94. The van der Waals surface area contributed by atoms with Crippen molar-refractivity contribution in [3.8, 4) is 11.1 Å². The smallest absolute Gasteiger partial charge is 0.411 e. The van der Waals surface area contributed by atoms with Gasteiger partial charge in [0.25, 0.3) is 5.91 Å². The van der Waals surface area contributed by atoms with Crippen molar-refractivity contribution in [2.45, 2.75) is 38.3 Å². The lowest BCUT2D eigenvalue weighted by Gasteiger charge is -2.32. The van der Waals surface area contributed by atoms with Gasteiger partial charge >= 0.3 is 6.09 Å². The molecule has 2 heterocycles. The molecule has 0 aliphatic carbocycles. The van der Waals surface area contributed by atoms with Gasteiger partial charge in [0, 0.05) is 56.8 Å². The third-order valence-corrected chi connectivity index (χ3v) is 9.16. The van der Waals surface area contributed by atoms with Gasteiger partial charge in [0.05, 0.1) is 12.2 Å². The van der Waals surface area contributed by atoms with E-state index in [9.17, 15) is 19.2 Å². The third-order valence-electron chi connectivity index (χ3n) is 9.16. The van der Waals surface area contributed by atoms with Crippen LogP contribution in [0.15, 0.2) is 78.9 Å². The fourth-order valence-electron chi connectivity index (χ4n) is 6.30. The number of amides is 4. The predicted octanol–water partition coefficient (Wildman–Crippen LogP) is 3.95. The summed E-state index contributed by atoms with van der Waals surface area (Å²) in [5, 5.41) is 5.53. The molecule has 254 valence electrons. The molecule has 2 fully saturated rings. The summed E-state index contributed by atoms with van der Waals surface area (Å²) >= 11 is 0. The average molecular weight is 655 g/mol. The van der Waals surface area contributed by atoms with E-state index >= 15 is 0 Å². The molecule has 11 nitrogen and oxygen atoms in total. The summed E-state index contributed by atoms with van der Waals surface area (Å²) in [5.74, 6) is -0.770. The van der Waals surface area contributed by atoms with E-state index in [1.807, 2.05) is 85.9 Å². The minimum absolute atomic E-state index is 0.0185. The number of nitrogens with zero attached hydrogens (tertiary/aromatic N) is 3. The summed E-state index contributed by atoms with van der Waals surface area (Å²) < 4.78 is 5.77. The Morgan fingerprint density at radius 1 is 0.833 bits per heavy atom. The first kappa shape index (κ1) is 34.6. The maximum absolute atomic E-state index is 13.1. The number of anilines is 1. The number of carbonyl (C=O) groups excluding carboxylic acids is 4. The number of hydrogen-bond donors (Lipinski definition) is 3. The van der Waals surface area contributed by atoms with E-state index in [0.29, 0.717) is 12.1 Å². The molecule has 2 saturated heterocycles. The van der Waals surface area contributed by atoms with Crippen molar-refractivity contribution in [2.75, 3.05) is 58.2 Å². The number of piperidine rings is 2. The highest BCUT2D eigenvalue weighted by atomic mass is 16.6. The molecule has 4 amide bonds. The van der Waals surface area contributed by atoms with Crippen molar-refractivity contribution >= 4 is 29.5 Å². The number of ether oxygens (including phenoxy) is 1. The van der Waals surface area contributed by atoms with Gasteiger partial charge in [-0.1, -0.05) is 60.7 Å². The summed E-state index contributed by atoms with van der Waals surface area (Å²) in [6.07, 6.45) is 2.36. The van der Waals surface area contributed by atoms with Crippen LogP contribution >= 0.6 is 0 Å². The molecule has 0 bridgehead atoms. The van der Waals surface area contributed by atoms with Crippen LogP contribution in [0.1, 0.15) is 41.6 Å². The standard InChI is InChI=1S/C37H46N6O5/c1-41(36(46)30-13-11-27(12-14-30)26-43-19-15-29(16-20-43)35(45)39-25-34(38)44)23-24-42-21-17-31(18-22-42)48-37(47)40-33-10-6-5-9-32(33)28-7-3-2-4-8-28/h2-14,29,31H,15-26H2,1H3,(H2,38,44)(H,39,45)(H,40,47). The van der Waals surface area contributed by atoms with Crippen molar-refractivity contribution < 1.29 is 23.9 Å². The van der Waals surface area contributed by atoms with Gasteiger partial charge in [-0.2, -0.15) is 0 Å². The average Bonchev–Trinajstić information content (AvgIpc) is 3.11. The lowest BCUT2D eigenvalue weighted by atomic mass is 9.95. The van der Waals surface area contributed by atoms with Crippen LogP contribution in [0, 0.1) is 5.92 Å². The molecule has 0 spiro atoms. The molecule has 3 aromatic rings. The van der Waals surface area contributed by atoms with Gasteiger partial charge in [-0.05, 0) is 68.1 Å². The SMILES string of the molecule is CN(CCN1CCC(OC(=O)Nc2ccccc2-c2ccccc2)CC1)C(=O)c1ccc(CN2CCC(C(=O)NCC(N)=O)CC2)cc1. The normalized spacial score (nSPS) is 16.2. The molecule has 5 rings (SSSR count). The van der Waals surface area contributed by atoms with Crippen LogP contribution in [-0.4, -0.2) is 97.5 Å². The number of nitrogens with two attached hydrogens (primary N) is 1. The van der Waals surface area contributed by atoms with Crippen LogP contribution in [0.2, 0.25) is 0 Å². The van der Waals surface area contributed by atoms with E-state index in [0.717, 1.165) is 87.3 Å². The van der Waals surface area contributed by atoms with E-state index in [1.54, 1.807) is 4.90 Å². The van der Waals surface area contributed by atoms with E-state index in [1.165, 1.54) is 0 Å². The topological polar surface area (TPSA) is 137 Å². The fraction of sp³-hybridized carbons (Fsp3) is 0.405. The van der Waals surface area contributed by atoms with Gasteiger partial charge in [-0.25, -0.2) is 4.79 Å². The highest BCUT2D eigenvalue weighted by Crippen LogP contribution is 2.28. The van der Waals surface area contributed by atoms with Gasteiger partial charge in [-0.3, -0.25) is 24.6 Å². The molecule has 0 atom stereocenters. The van der Waals surface area contributed by atoms with Crippen molar-refractivity contribution in [3.05, 3.63) is 90.0 Å². The quantitative estimate of drug-likeness (QED) is 0.269. The lowest BCUT2D eigenvalue weighted by molar-refractivity contribution is -0.128. The second kappa shape index (κ2) is 16.9. The summed E-state index contributed by atoms with van der Waals surface area (Å²) in [6.45, 7) is 5.15. The first-order valence-electron chi connectivity index (χ1n) is 16.7. The van der Waals surface area contributed by atoms with E-state index in [2.05, 4.69) is 20.4 Å². The van der Waals surface area contributed by atoms with Crippen LogP contribution in [0.25, 0.3) is 11.1 Å². The Hall–Kier alpha value is -4.74. The van der Waals surface area contributed by atoms with Gasteiger partial charge in [0.1, 0.15) is 6.10 Å². The number of para-hydroxylation sites is 1. The Kier molecular flexibility index (Phi) is 12.2. The zero-order valence-corrected chi connectivity index (χ0v) is 27.6. The molecular weight excluding hydrogens is 608 g/mol. The maximum atomic E-state index is 13.1. The Morgan fingerprint density at radius 3 is 2.17 bits per heavy atom. The molecule has 11 heteroatoms. The molecule has 0 radical (unpaired) electrons. The van der Waals surface area contributed by atoms with Crippen molar-refractivity contribution in [3.63, 3.8) is 0 Å². The molecule has 0 saturated carbocycles. The van der Waals surface area contributed by atoms with Gasteiger partial charge < -0.3 is 25.6 Å². The first-order valence-corrected chi connectivity index (χ1v) is 16.7. The second-order valence-electron chi connectivity index (χ2n) is 12.6. The highest BCUT2D eigenvalue weighted by Gasteiger charge is 2.26. The van der Waals surface area contributed by atoms with Gasteiger partial charge in [-0.15, -0.1) is 0 Å². The first-order chi connectivity index (χ1) is 23.2. The Morgan fingerprint density at radius 2 is 1.48 bits per heavy atom. The molecule has 48 heavy (non-hydrogen) atoms. The monoisotopic (exact) mass is 654 g/mol. The number of benzene rings is 3. The third kappa shape index (κ3) is 9.88. The number of likely N-dealkylation sites (N-methyl/N-ethyl adjacent to an activating group) is 1. The van der Waals surface area contributed by atoms with Gasteiger partial charge in [0.2, 0.25) is 11.8 Å². The molecule has 0 unspecified atom stereocenters. The van der Waals surface area contributed by atoms with Crippen molar-refractivity contribution in [2.24, 2.45) is 11.7 Å². The number of primary amides is 1. The van der Waals surface area contributed by atoms with Crippen molar-refractivity contribution in [1.29, 1.82) is 0 Å². The summed E-state index contributed by atoms with van der Waals surface area (Å²) in [7, 11) is 1.83. The fourth-order valence-corrected chi connectivity index (χ4v) is 6.30. The van der Waals surface area contributed by atoms with Crippen LogP contribution in [-0.2, 0) is 20.9 Å². The summed E-state index contributed by atoms with van der Waals surface area (Å²) in [5.41, 5.74) is 9.57. The van der Waals surface area contributed by atoms with E-state index in [4.69, 9.17) is 10.5 Å². The lowest BCUT2D eigenvalue weighted by Crippen LogP contribution is -2.42. The zero-order valence-electron chi connectivity index (χ0n) is 27.6. The predicted molar refractivity (Wildman–Crippen MR) is 185 cm³/mol. The minimum atomic E-state index is -0.540. The van der Waals surface area contributed by atoms with Gasteiger partial charge in [0.15, 0.2) is 0 Å². The minimum Gasteiger partial charge on any atom is -0.446 e.